The van der Waals surface area contributed by atoms with Crippen LogP contribution in [0.2, 0.25) is 0 Å². The van der Waals surface area contributed by atoms with E-state index >= 15 is 0 Å². The zero-order valence-electron chi connectivity index (χ0n) is 8.86. The van der Waals surface area contributed by atoms with Crippen molar-refractivity contribution in [2.45, 2.75) is 13.3 Å². The highest BCUT2D eigenvalue weighted by molar-refractivity contribution is 5.72. The first-order valence-electron chi connectivity index (χ1n) is 4.95. The van der Waals surface area contributed by atoms with Crippen LogP contribution in [0, 0.1) is 0 Å². The van der Waals surface area contributed by atoms with Gasteiger partial charge < -0.3 is 11.1 Å². The second-order valence-electron chi connectivity index (χ2n) is 3.34. The molecule has 0 saturated carbocycles. The Hall–Kier alpha value is -1.77. The number of carbonyl (C=O) groups excluding carboxylic acids is 1. The third-order valence-corrected chi connectivity index (χ3v) is 1.91. The third kappa shape index (κ3) is 4.86. The number of rotatable bonds is 4. The lowest BCUT2D eigenvalue weighted by atomic mass is 10.2. The highest BCUT2D eigenvalue weighted by Crippen LogP contribution is 2.08. The van der Waals surface area contributed by atoms with Crippen LogP contribution in [0.25, 0.3) is 6.08 Å². The van der Waals surface area contributed by atoms with Crippen molar-refractivity contribution in [3.63, 3.8) is 0 Å². The molecule has 0 aliphatic carbocycles. The first kappa shape index (κ1) is 11.3. The molecule has 3 heteroatoms. The van der Waals surface area contributed by atoms with E-state index in [0.717, 1.165) is 17.7 Å². The minimum Gasteiger partial charge on any atom is -0.399 e. The summed E-state index contributed by atoms with van der Waals surface area (Å²) in [5.41, 5.74) is 7.48. The highest BCUT2D eigenvalue weighted by Gasteiger charge is 1.89. The van der Waals surface area contributed by atoms with E-state index in [-0.39, 0.29) is 5.91 Å². The molecule has 0 unspecified atom stereocenters. The van der Waals surface area contributed by atoms with E-state index in [2.05, 4.69) is 5.32 Å². The number of carbonyl (C=O) groups is 1. The molecule has 0 aliphatic rings. The quantitative estimate of drug-likeness (QED) is 0.580. The summed E-state index contributed by atoms with van der Waals surface area (Å²) in [5.74, 6) is 0.00681. The maximum Gasteiger partial charge on any atom is 0.216 e. The molecule has 3 nitrogen and oxygen atoms in total. The molecule has 1 aromatic rings. The van der Waals surface area contributed by atoms with Crippen LogP contribution in [0.4, 0.5) is 5.69 Å². The van der Waals surface area contributed by atoms with E-state index in [1.165, 1.54) is 6.92 Å². The van der Waals surface area contributed by atoms with Gasteiger partial charge in [-0.1, -0.05) is 24.3 Å². The molecule has 0 aromatic heterocycles. The number of amides is 1. The van der Waals surface area contributed by atoms with Crippen LogP contribution in [0.5, 0.6) is 0 Å². The maximum absolute atomic E-state index is 10.6. The largest absolute Gasteiger partial charge is 0.399 e. The van der Waals surface area contributed by atoms with Crippen LogP contribution in [0.15, 0.2) is 30.3 Å². The zero-order valence-corrected chi connectivity index (χ0v) is 8.86. The van der Waals surface area contributed by atoms with Gasteiger partial charge >= 0.3 is 0 Å². The SMILES string of the molecule is CC(=O)NCCC=Cc1cccc(N)c1. The van der Waals surface area contributed by atoms with Gasteiger partial charge in [0.05, 0.1) is 0 Å². The van der Waals surface area contributed by atoms with Gasteiger partial charge in [0.25, 0.3) is 0 Å². The maximum atomic E-state index is 10.6. The summed E-state index contributed by atoms with van der Waals surface area (Å²) in [6.07, 6.45) is 4.84. The van der Waals surface area contributed by atoms with Crippen LogP contribution in [-0.2, 0) is 4.79 Å². The number of nitrogens with two attached hydrogens (primary N) is 1. The molecule has 0 radical (unpaired) electrons. The van der Waals surface area contributed by atoms with Crippen molar-refractivity contribution in [1.29, 1.82) is 0 Å². The normalized spacial score (nSPS) is 10.5. The molecule has 0 atom stereocenters. The van der Waals surface area contributed by atoms with Gasteiger partial charge in [0.15, 0.2) is 0 Å². The van der Waals surface area contributed by atoms with E-state index in [1.807, 2.05) is 36.4 Å². The van der Waals surface area contributed by atoms with Crippen molar-refractivity contribution in [1.82, 2.24) is 5.32 Å². The average Bonchev–Trinajstić information content (AvgIpc) is 2.17. The Morgan fingerprint density at radius 3 is 3.00 bits per heavy atom. The molecule has 0 aliphatic heterocycles. The molecule has 80 valence electrons. The lowest BCUT2D eigenvalue weighted by molar-refractivity contribution is -0.118. The summed E-state index contributed by atoms with van der Waals surface area (Å²) in [6, 6.07) is 7.68. The van der Waals surface area contributed by atoms with Crippen molar-refractivity contribution >= 4 is 17.7 Å². The first-order valence-corrected chi connectivity index (χ1v) is 4.95. The summed E-state index contributed by atoms with van der Waals surface area (Å²) in [7, 11) is 0. The Morgan fingerprint density at radius 1 is 1.53 bits per heavy atom. The van der Waals surface area contributed by atoms with E-state index in [4.69, 9.17) is 5.73 Å². The molecule has 1 amide bonds. The predicted octanol–water partition coefficient (Wildman–Crippen LogP) is 1.81. The third-order valence-electron chi connectivity index (χ3n) is 1.91. The Morgan fingerprint density at radius 2 is 2.33 bits per heavy atom. The van der Waals surface area contributed by atoms with Gasteiger partial charge in [-0.3, -0.25) is 4.79 Å². The van der Waals surface area contributed by atoms with Gasteiger partial charge in [0, 0.05) is 19.2 Å². The Balaban J connectivity index is 2.35. The van der Waals surface area contributed by atoms with Gasteiger partial charge in [-0.15, -0.1) is 0 Å². The standard InChI is InChI=1S/C12H16N2O/c1-10(15)14-8-3-2-5-11-6-4-7-12(13)9-11/h2,4-7,9H,3,8,13H2,1H3,(H,14,15). The van der Waals surface area contributed by atoms with E-state index in [1.54, 1.807) is 0 Å². The van der Waals surface area contributed by atoms with Crippen LogP contribution < -0.4 is 11.1 Å². The number of hydrogen-bond donors (Lipinski definition) is 2. The Kier molecular flexibility index (Phi) is 4.41. The van der Waals surface area contributed by atoms with E-state index in [9.17, 15) is 4.79 Å². The summed E-state index contributed by atoms with van der Waals surface area (Å²) < 4.78 is 0. The van der Waals surface area contributed by atoms with Crippen molar-refractivity contribution < 1.29 is 4.79 Å². The molecule has 0 spiro atoms. The van der Waals surface area contributed by atoms with Crippen LogP contribution >= 0.6 is 0 Å². The minimum atomic E-state index is 0.00681. The molecule has 3 N–H and O–H groups in total. The number of benzene rings is 1. The fraction of sp³-hybridized carbons (Fsp3) is 0.250. The molecule has 0 fully saturated rings. The van der Waals surface area contributed by atoms with E-state index in [0.29, 0.717) is 6.54 Å². The van der Waals surface area contributed by atoms with Gasteiger partial charge in [0.1, 0.15) is 0 Å². The Bertz CT molecular complexity index is 358. The number of nitrogens with one attached hydrogen (secondary N) is 1. The summed E-state index contributed by atoms with van der Waals surface area (Å²) in [4.78, 5) is 10.6. The topological polar surface area (TPSA) is 55.1 Å². The second-order valence-corrected chi connectivity index (χ2v) is 3.34. The van der Waals surface area contributed by atoms with Crippen molar-refractivity contribution in [2.75, 3.05) is 12.3 Å². The van der Waals surface area contributed by atoms with Crippen LogP contribution in [-0.4, -0.2) is 12.5 Å². The lowest BCUT2D eigenvalue weighted by Gasteiger charge is -1.97. The highest BCUT2D eigenvalue weighted by atomic mass is 16.1. The molecule has 0 bridgehead atoms. The molecule has 0 saturated heterocycles. The van der Waals surface area contributed by atoms with Crippen molar-refractivity contribution in [3.05, 3.63) is 35.9 Å². The molecule has 1 rings (SSSR count). The fourth-order valence-corrected chi connectivity index (χ4v) is 1.21. The van der Waals surface area contributed by atoms with Crippen molar-refractivity contribution in [3.8, 4) is 0 Å². The first-order chi connectivity index (χ1) is 7.18. The lowest BCUT2D eigenvalue weighted by Crippen LogP contribution is -2.20. The summed E-state index contributed by atoms with van der Waals surface area (Å²) >= 11 is 0. The van der Waals surface area contributed by atoms with Gasteiger partial charge in [-0.2, -0.15) is 0 Å². The second kappa shape index (κ2) is 5.86. The average molecular weight is 204 g/mol. The number of nitrogen functional groups attached to an aromatic ring is 1. The number of anilines is 1. The molecular weight excluding hydrogens is 188 g/mol. The molecule has 0 heterocycles. The van der Waals surface area contributed by atoms with Crippen LogP contribution in [0.3, 0.4) is 0 Å². The Labute approximate surface area is 90.0 Å². The predicted molar refractivity (Wildman–Crippen MR) is 63.2 cm³/mol. The smallest absolute Gasteiger partial charge is 0.216 e. The van der Waals surface area contributed by atoms with Crippen molar-refractivity contribution in [2.24, 2.45) is 0 Å². The van der Waals surface area contributed by atoms with Gasteiger partial charge in [-0.05, 0) is 24.1 Å². The molecule has 1 aromatic carbocycles. The van der Waals surface area contributed by atoms with E-state index < -0.39 is 0 Å². The monoisotopic (exact) mass is 204 g/mol. The summed E-state index contributed by atoms with van der Waals surface area (Å²) in [5, 5.41) is 2.73. The zero-order chi connectivity index (χ0) is 11.1. The summed E-state index contributed by atoms with van der Waals surface area (Å²) in [6.45, 7) is 2.19. The molecule has 15 heavy (non-hydrogen) atoms. The van der Waals surface area contributed by atoms with Gasteiger partial charge in [0.2, 0.25) is 5.91 Å². The van der Waals surface area contributed by atoms with Crippen LogP contribution in [0.1, 0.15) is 18.9 Å². The fourth-order valence-electron chi connectivity index (χ4n) is 1.21. The van der Waals surface area contributed by atoms with Gasteiger partial charge in [-0.25, -0.2) is 0 Å². The number of hydrogen-bond acceptors (Lipinski definition) is 2. The minimum absolute atomic E-state index is 0.00681. The molecular formula is C12H16N2O.